The third kappa shape index (κ3) is 3.39. The first kappa shape index (κ1) is 18.9. The molecule has 5 aliphatic rings. The number of aliphatic carboxylic acids is 1. The summed E-state index contributed by atoms with van der Waals surface area (Å²) in [4.78, 5) is 39.3. The van der Waals surface area contributed by atoms with Gasteiger partial charge in [0.1, 0.15) is 5.00 Å². The van der Waals surface area contributed by atoms with E-state index >= 15 is 0 Å². The number of anilines is 1. The number of carbonyl (C=O) groups excluding carboxylic acids is 2. The van der Waals surface area contributed by atoms with Crippen LogP contribution in [0.15, 0.2) is 12.2 Å². The van der Waals surface area contributed by atoms with Crippen molar-refractivity contribution in [2.75, 3.05) is 5.32 Å². The largest absolute Gasteiger partial charge is 0.481 e. The Kier molecular flexibility index (Phi) is 4.73. The maximum atomic E-state index is 13.3. The van der Waals surface area contributed by atoms with Crippen molar-refractivity contribution in [2.45, 2.75) is 57.4 Å². The molecule has 4 atom stereocenters. The highest BCUT2D eigenvalue weighted by molar-refractivity contribution is 7.17. The second-order valence-corrected chi connectivity index (χ2v) is 9.94. The number of hydrogen-bond acceptors (Lipinski definition) is 4. The van der Waals surface area contributed by atoms with Crippen molar-refractivity contribution in [2.24, 2.45) is 23.7 Å². The lowest BCUT2D eigenvalue weighted by atomic mass is 9.62. The molecule has 1 heterocycles. The summed E-state index contributed by atoms with van der Waals surface area (Å²) in [6.07, 6.45) is 11.6. The summed E-state index contributed by atoms with van der Waals surface area (Å²) in [5.41, 5.74) is 1.70. The summed E-state index contributed by atoms with van der Waals surface area (Å²) < 4.78 is 0. The first-order valence-corrected chi connectivity index (χ1v) is 11.5. The highest BCUT2D eigenvalue weighted by Gasteiger charge is 2.48. The lowest BCUT2D eigenvalue weighted by Crippen LogP contribution is -2.47. The minimum atomic E-state index is -0.902. The molecule has 154 valence electrons. The molecule has 6 nitrogen and oxygen atoms in total. The van der Waals surface area contributed by atoms with E-state index in [0.29, 0.717) is 10.6 Å². The van der Waals surface area contributed by atoms with Crippen molar-refractivity contribution in [3.8, 4) is 0 Å². The number of carboxylic acid groups (broad SMARTS) is 1. The number of amides is 2. The second-order valence-electron chi connectivity index (χ2n) is 8.83. The summed E-state index contributed by atoms with van der Waals surface area (Å²) in [6, 6.07) is 0.251. The van der Waals surface area contributed by atoms with Crippen LogP contribution in [0.4, 0.5) is 5.00 Å². The van der Waals surface area contributed by atoms with E-state index in [4.69, 9.17) is 0 Å². The van der Waals surface area contributed by atoms with Crippen LogP contribution in [-0.4, -0.2) is 28.9 Å². The van der Waals surface area contributed by atoms with Crippen LogP contribution >= 0.6 is 11.3 Å². The van der Waals surface area contributed by atoms with Gasteiger partial charge < -0.3 is 15.7 Å². The molecule has 0 aromatic carbocycles. The van der Waals surface area contributed by atoms with Gasteiger partial charge in [-0.1, -0.05) is 12.2 Å². The molecule has 0 radical (unpaired) electrons. The van der Waals surface area contributed by atoms with Crippen molar-refractivity contribution in [1.82, 2.24) is 5.32 Å². The molecule has 6 rings (SSSR count). The number of carbonyl (C=O) groups is 3. The second kappa shape index (κ2) is 7.27. The molecule has 2 bridgehead atoms. The molecule has 0 unspecified atom stereocenters. The minimum absolute atomic E-state index is 0.0422. The van der Waals surface area contributed by atoms with Gasteiger partial charge in [0, 0.05) is 10.9 Å². The Morgan fingerprint density at radius 1 is 0.966 bits per heavy atom. The minimum Gasteiger partial charge on any atom is -0.481 e. The van der Waals surface area contributed by atoms with E-state index in [-0.39, 0.29) is 29.7 Å². The third-order valence-electron chi connectivity index (χ3n) is 6.88. The zero-order valence-electron chi connectivity index (χ0n) is 16.3. The lowest BCUT2D eigenvalue weighted by molar-refractivity contribution is -0.151. The Morgan fingerprint density at radius 3 is 2.31 bits per heavy atom. The van der Waals surface area contributed by atoms with Crippen LogP contribution in [0.3, 0.4) is 0 Å². The van der Waals surface area contributed by atoms with Gasteiger partial charge >= 0.3 is 5.97 Å². The maximum Gasteiger partial charge on any atom is 0.307 e. The predicted octanol–water partition coefficient (Wildman–Crippen LogP) is 3.37. The van der Waals surface area contributed by atoms with Crippen molar-refractivity contribution < 1.29 is 19.5 Å². The SMILES string of the molecule is O=C(NC1CC1)c1c(NC(=O)[C@@H]2[C@@H](C(=O)O)[C@H]3C=C[C@@H]2CC3)sc2c1CCCC2. The number of allylic oxidation sites excluding steroid dienone is 2. The van der Waals surface area contributed by atoms with E-state index in [1.807, 2.05) is 12.2 Å². The summed E-state index contributed by atoms with van der Waals surface area (Å²) >= 11 is 1.50. The number of thiophene rings is 1. The van der Waals surface area contributed by atoms with Gasteiger partial charge in [-0.2, -0.15) is 0 Å². The Balaban J connectivity index is 1.44. The maximum absolute atomic E-state index is 13.3. The molecule has 2 saturated carbocycles. The van der Waals surface area contributed by atoms with Crippen LogP contribution in [0.1, 0.15) is 59.3 Å². The number of fused-ring (bicyclic) bond motifs is 3. The van der Waals surface area contributed by atoms with Crippen molar-refractivity contribution in [1.29, 1.82) is 0 Å². The standard InChI is InChI=1S/C22H26N2O4S/c25-19(16-11-5-7-12(8-6-11)17(16)22(27)28)24-21-18(20(26)23-13-9-10-13)14-3-1-2-4-15(14)29-21/h5,7,11-13,16-17H,1-4,6,8-10H2,(H,23,26)(H,24,25)(H,27,28)/t11-,12+,16+,17+/m1/s1. The van der Waals surface area contributed by atoms with Gasteiger partial charge in [-0.3, -0.25) is 14.4 Å². The highest BCUT2D eigenvalue weighted by Crippen LogP contribution is 2.46. The van der Waals surface area contributed by atoms with E-state index in [0.717, 1.165) is 56.9 Å². The zero-order chi connectivity index (χ0) is 20.1. The van der Waals surface area contributed by atoms with Gasteiger partial charge in [0.25, 0.3) is 5.91 Å². The number of aryl methyl sites for hydroxylation is 1. The summed E-state index contributed by atoms with van der Waals surface area (Å²) in [6.45, 7) is 0. The van der Waals surface area contributed by atoms with Gasteiger partial charge in [0.05, 0.1) is 17.4 Å². The fourth-order valence-electron chi connectivity index (χ4n) is 5.26. The fraction of sp³-hybridized carbons (Fsp3) is 0.591. The van der Waals surface area contributed by atoms with Gasteiger partial charge in [-0.05, 0) is 68.8 Å². The molecular weight excluding hydrogens is 388 g/mol. The van der Waals surface area contributed by atoms with Crippen LogP contribution in [0.25, 0.3) is 0 Å². The van der Waals surface area contributed by atoms with Crippen LogP contribution in [-0.2, 0) is 22.4 Å². The molecule has 3 N–H and O–H groups in total. The Bertz CT molecular complexity index is 901. The normalized spacial score (nSPS) is 29.9. The van der Waals surface area contributed by atoms with Crippen molar-refractivity contribution >= 4 is 34.1 Å². The first-order chi connectivity index (χ1) is 14.0. The topological polar surface area (TPSA) is 95.5 Å². The summed E-state index contributed by atoms with van der Waals surface area (Å²) in [7, 11) is 0. The monoisotopic (exact) mass is 414 g/mol. The van der Waals surface area contributed by atoms with E-state index < -0.39 is 17.8 Å². The smallest absolute Gasteiger partial charge is 0.307 e. The molecule has 5 aliphatic carbocycles. The summed E-state index contributed by atoms with van der Waals surface area (Å²) in [5, 5.41) is 16.4. The molecule has 29 heavy (non-hydrogen) atoms. The van der Waals surface area contributed by atoms with Gasteiger partial charge in [-0.15, -0.1) is 11.3 Å². The van der Waals surface area contributed by atoms with Crippen LogP contribution in [0.2, 0.25) is 0 Å². The Morgan fingerprint density at radius 2 is 1.66 bits per heavy atom. The number of hydrogen-bond donors (Lipinski definition) is 3. The first-order valence-electron chi connectivity index (χ1n) is 10.7. The van der Waals surface area contributed by atoms with E-state index in [1.54, 1.807) is 0 Å². The van der Waals surface area contributed by atoms with Crippen molar-refractivity contribution in [3.05, 3.63) is 28.2 Å². The quantitative estimate of drug-likeness (QED) is 0.644. The average molecular weight is 415 g/mol. The van der Waals surface area contributed by atoms with E-state index in [2.05, 4.69) is 10.6 Å². The number of carboxylic acids is 1. The zero-order valence-corrected chi connectivity index (χ0v) is 17.1. The fourth-order valence-corrected chi connectivity index (χ4v) is 6.55. The molecule has 7 heteroatoms. The third-order valence-corrected chi connectivity index (χ3v) is 8.09. The molecule has 2 amide bonds. The number of nitrogens with one attached hydrogen (secondary N) is 2. The van der Waals surface area contributed by atoms with Gasteiger partial charge in [-0.25, -0.2) is 0 Å². The summed E-state index contributed by atoms with van der Waals surface area (Å²) in [5.74, 6) is -2.63. The van der Waals surface area contributed by atoms with E-state index in [1.165, 1.54) is 16.2 Å². The molecule has 1 aromatic heterocycles. The van der Waals surface area contributed by atoms with Crippen molar-refractivity contribution in [3.63, 3.8) is 0 Å². The van der Waals surface area contributed by atoms with Gasteiger partial charge in [0.2, 0.25) is 5.91 Å². The van der Waals surface area contributed by atoms with Gasteiger partial charge in [0.15, 0.2) is 0 Å². The Hall–Kier alpha value is -2.15. The van der Waals surface area contributed by atoms with E-state index in [9.17, 15) is 19.5 Å². The van der Waals surface area contributed by atoms with Crippen LogP contribution in [0.5, 0.6) is 0 Å². The molecule has 0 spiro atoms. The lowest BCUT2D eigenvalue weighted by Gasteiger charge is -2.41. The van der Waals surface area contributed by atoms with Crippen LogP contribution in [0, 0.1) is 23.7 Å². The van der Waals surface area contributed by atoms with Crippen LogP contribution < -0.4 is 10.6 Å². The molecule has 1 aromatic rings. The number of rotatable bonds is 5. The Labute approximate surface area is 173 Å². The predicted molar refractivity (Wildman–Crippen MR) is 110 cm³/mol. The average Bonchev–Trinajstić information content (AvgIpc) is 3.45. The highest BCUT2D eigenvalue weighted by atomic mass is 32.1. The molecule has 2 fully saturated rings. The molecule has 0 aliphatic heterocycles. The molecule has 0 saturated heterocycles. The molecular formula is C22H26N2O4S.